The number of aliphatic hydroxyl groups is 1. The number of hydrogen-bond acceptors (Lipinski definition) is 3. The molecule has 21 heavy (non-hydrogen) atoms. The van der Waals surface area contributed by atoms with Crippen molar-refractivity contribution in [2.24, 2.45) is 23.2 Å². The van der Waals surface area contributed by atoms with E-state index >= 15 is 0 Å². The van der Waals surface area contributed by atoms with Crippen molar-refractivity contribution in [3.8, 4) is 0 Å². The molecule has 0 aromatic rings. The molecule has 0 radical (unpaired) electrons. The molecule has 3 aliphatic carbocycles. The van der Waals surface area contributed by atoms with E-state index in [0.717, 1.165) is 24.8 Å². The standard InChI is InChI=1S/C17H19IO3/c1-17-5-4-9-10(13(17)2-3-15(17)20)6-14(19)11-7-16(21)18-8-12(9)11/h7-10,13,21H,2-6H2,1H3/t9-,10+,13-,17-/m0/s1. The van der Waals surface area contributed by atoms with Crippen LogP contribution in [0, 0.1) is 23.2 Å². The fourth-order valence-electron chi connectivity index (χ4n) is 4.98. The van der Waals surface area contributed by atoms with Crippen molar-refractivity contribution >= 4 is 36.3 Å². The molecule has 1 heterocycles. The second-order valence-corrected chi connectivity index (χ2v) is 9.33. The molecule has 1 N–H and O–H groups in total. The molecule has 4 heteroatoms. The summed E-state index contributed by atoms with van der Waals surface area (Å²) in [6, 6.07) is 0. The number of carbonyl (C=O) groups is 2. The molecule has 0 amide bonds. The fourth-order valence-corrected chi connectivity index (χ4v) is 6.93. The first kappa shape index (κ1) is 13.9. The highest BCUT2D eigenvalue weighted by molar-refractivity contribution is 14.2. The summed E-state index contributed by atoms with van der Waals surface area (Å²) in [6.07, 6.45) is 5.92. The van der Waals surface area contributed by atoms with Crippen molar-refractivity contribution in [1.29, 1.82) is 0 Å². The third-order valence-corrected chi connectivity index (χ3v) is 8.06. The molecule has 2 saturated carbocycles. The highest BCUT2D eigenvalue weighted by Gasteiger charge is 2.55. The van der Waals surface area contributed by atoms with Gasteiger partial charge in [-0.15, -0.1) is 0 Å². The average Bonchev–Trinajstić information content (AvgIpc) is 2.76. The zero-order chi connectivity index (χ0) is 14.8. The summed E-state index contributed by atoms with van der Waals surface area (Å²) in [5.74, 6) is 1.74. The molecular weight excluding hydrogens is 379 g/mol. The first-order chi connectivity index (χ1) is 10.0. The van der Waals surface area contributed by atoms with Crippen LogP contribution in [0.1, 0.15) is 39.0 Å². The van der Waals surface area contributed by atoms with Crippen LogP contribution < -0.4 is 0 Å². The predicted octanol–water partition coefficient (Wildman–Crippen LogP) is 3.45. The minimum absolute atomic E-state index is 0.168. The maximum atomic E-state index is 12.5. The van der Waals surface area contributed by atoms with Crippen LogP contribution in [0.15, 0.2) is 21.0 Å². The van der Waals surface area contributed by atoms with Crippen molar-refractivity contribution < 1.29 is 14.7 Å². The summed E-state index contributed by atoms with van der Waals surface area (Å²) >= 11 is -0.469. The number of halogens is 1. The number of Topliss-reactive ketones (excluding diaryl/α,β-unsaturated/α-hetero) is 2. The van der Waals surface area contributed by atoms with Crippen LogP contribution >= 0.6 is 20.7 Å². The van der Waals surface area contributed by atoms with Crippen molar-refractivity contribution in [3.05, 3.63) is 21.0 Å². The first-order valence-corrected chi connectivity index (χ1v) is 10.0. The number of ketones is 2. The van der Waals surface area contributed by atoms with Crippen LogP contribution in [0.25, 0.3) is 0 Å². The van der Waals surface area contributed by atoms with E-state index in [1.165, 1.54) is 5.57 Å². The lowest BCUT2D eigenvalue weighted by molar-refractivity contribution is -0.131. The molecule has 4 atom stereocenters. The molecule has 3 nitrogen and oxygen atoms in total. The average molecular weight is 398 g/mol. The van der Waals surface area contributed by atoms with E-state index in [4.69, 9.17) is 0 Å². The molecule has 4 aliphatic rings. The summed E-state index contributed by atoms with van der Waals surface area (Å²) in [5.41, 5.74) is 1.78. The van der Waals surface area contributed by atoms with Crippen molar-refractivity contribution in [2.45, 2.75) is 39.0 Å². The summed E-state index contributed by atoms with van der Waals surface area (Å²) in [5, 5.41) is 9.74. The Morgan fingerprint density at radius 2 is 2.14 bits per heavy atom. The van der Waals surface area contributed by atoms with Gasteiger partial charge in [0, 0.05) is 23.8 Å². The molecule has 0 saturated heterocycles. The number of allylic oxidation sites excluding steroid dienone is 3. The van der Waals surface area contributed by atoms with E-state index < -0.39 is 20.7 Å². The van der Waals surface area contributed by atoms with E-state index in [0.29, 0.717) is 40.1 Å². The minimum Gasteiger partial charge on any atom is -0.503 e. The largest absolute Gasteiger partial charge is 0.503 e. The predicted molar refractivity (Wildman–Crippen MR) is 89.5 cm³/mol. The molecule has 0 spiro atoms. The van der Waals surface area contributed by atoms with Gasteiger partial charge in [0.05, 0.1) is 0 Å². The second kappa shape index (κ2) is 4.61. The monoisotopic (exact) mass is 398 g/mol. The van der Waals surface area contributed by atoms with Crippen molar-refractivity contribution in [1.82, 2.24) is 0 Å². The van der Waals surface area contributed by atoms with Gasteiger partial charge in [-0.3, -0.25) is 9.59 Å². The van der Waals surface area contributed by atoms with Gasteiger partial charge in [0.25, 0.3) is 0 Å². The van der Waals surface area contributed by atoms with Gasteiger partial charge >= 0.3 is 0 Å². The van der Waals surface area contributed by atoms with Crippen LogP contribution in [-0.4, -0.2) is 20.7 Å². The Labute approximate surface area is 134 Å². The highest BCUT2D eigenvalue weighted by atomic mass is 127. The first-order valence-electron chi connectivity index (χ1n) is 7.68. The molecule has 0 aromatic carbocycles. The number of carbonyl (C=O) groups excluding carboxylic acids is 2. The lowest BCUT2D eigenvalue weighted by Crippen LogP contribution is -2.45. The summed E-state index contributed by atoms with van der Waals surface area (Å²) in [7, 11) is 0. The van der Waals surface area contributed by atoms with E-state index in [1.807, 2.05) is 0 Å². The SMILES string of the molecule is C[C@]12CC[C@@H]3C4=C(C=C(O)I=C4)C(=O)C[C@H]3[C@@H]1CCC2=O. The Balaban J connectivity index is 1.77. The zero-order valence-electron chi connectivity index (χ0n) is 12.1. The van der Waals surface area contributed by atoms with Crippen LogP contribution in [-0.2, 0) is 9.59 Å². The van der Waals surface area contributed by atoms with Crippen molar-refractivity contribution in [3.63, 3.8) is 0 Å². The van der Waals surface area contributed by atoms with Gasteiger partial charge in [-0.05, 0) is 73.4 Å². The Morgan fingerprint density at radius 3 is 2.95 bits per heavy atom. The Bertz CT molecular complexity index is 642. The van der Waals surface area contributed by atoms with Gasteiger partial charge in [-0.2, -0.15) is 0 Å². The smallest absolute Gasteiger partial charge is 0.163 e. The summed E-state index contributed by atoms with van der Waals surface area (Å²) in [6.45, 7) is 2.13. The van der Waals surface area contributed by atoms with Gasteiger partial charge in [-0.1, -0.05) is 6.92 Å². The van der Waals surface area contributed by atoms with E-state index in [9.17, 15) is 14.7 Å². The van der Waals surface area contributed by atoms with E-state index in [-0.39, 0.29) is 11.2 Å². The third kappa shape index (κ3) is 1.87. The Kier molecular flexibility index (Phi) is 3.04. The lowest BCUT2D eigenvalue weighted by Gasteiger charge is -2.48. The zero-order valence-corrected chi connectivity index (χ0v) is 14.2. The van der Waals surface area contributed by atoms with Gasteiger partial charge in [0.2, 0.25) is 0 Å². The van der Waals surface area contributed by atoms with Gasteiger partial charge in [0.15, 0.2) is 5.78 Å². The second-order valence-electron chi connectivity index (χ2n) is 6.98. The van der Waals surface area contributed by atoms with E-state index in [2.05, 4.69) is 10.9 Å². The number of fused-ring (bicyclic) bond motifs is 4. The van der Waals surface area contributed by atoms with Gasteiger partial charge < -0.3 is 5.11 Å². The molecule has 2 fully saturated rings. The quantitative estimate of drug-likeness (QED) is 0.636. The third-order valence-electron chi connectivity index (χ3n) is 6.13. The summed E-state index contributed by atoms with van der Waals surface area (Å²) < 4.78 is 2.55. The molecule has 0 aromatic heterocycles. The number of rotatable bonds is 0. The lowest BCUT2D eigenvalue weighted by atomic mass is 9.55. The maximum absolute atomic E-state index is 12.5. The van der Waals surface area contributed by atoms with Crippen LogP contribution in [0.5, 0.6) is 0 Å². The molecular formula is C17H19IO3. The molecule has 0 bridgehead atoms. The van der Waals surface area contributed by atoms with Gasteiger partial charge in [-0.25, -0.2) is 0 Å². The van der Waals surface area contributed by atoms with Crippen LogP contribution in [0.3, 0.4) is 0 Å². The highest BCUT2D eigenvalue weighted by Crippen LogP contribution is 2.58. The molecule has 0 unspecified atom stereocenters. The number of aliphatic hydroxyl groups excluding tert-OH is 1. The molecule has 4 rings (SSSR count). The topological polar surface area (TPSA) is 54.4 Å². The molecule has 112 valence electrons. The number of hydrogen-bond donors (Lipinski definition) is 1. The van der Waals surface area contributed by atoms with Crippen molar-refractivity contribution in [2.75, 3.05) is 0 Å². The van der Waals surface area contributed by atoms with Crippen LogP contribution in [0.4, 0.5) is 0 Å². The Morgan fingerprint density at radius 1 is 1.33 bits per heavy atom. The maximum Gasteiger partial charge on any atom is 0.163 e. The summed E-state index contributed by atoms with van der Waals surface area (Å²) in [4.78, 5) is 24.8. The van der Waals surface area contributed by atoms with E-state index in [1.54, 1.807) is 6.08 Å². The molecule has 1 aliphatic heterocycles. The normalized spacial score (nSPS) is 42.0. The van der Waals surface area contributed by atoms with Gasteiger partial charge in [0.1, 0.15) is 9.55 Å². The fraction of sp³-hybridized carbons (Fsp3) is 0.588. The van der Waals surface area contributed by atoms with Crippen LogP contribution in [0.2, 0.25) is 0 Å². The Hall–Kier alpha value is -0.780. The minimum atomic E-state index is -0.469.